The second-order valence-corrected chi connectivity index (χ2v) is 5.36. The second kappa shape index (κ2) is 8.61. The van der Waals surface area contributed by atoms with E-state index in [1.54, 1.807) is 0 Å². The number of aliphatic hydroxyl groups is 1. The highest BCUT2D eigenvalue weighted by molar-refractivity contribution is 6.06. The van der Waals surface area contributed by atoms with E-state index in [-0.39, 0.29) is 19.1 Å². The van der Waals surface area contributed by atoms with Crippen LogP contribution < -0.4 is 0 Å². The summed E-state index contributed by atoms with van der Waals surface area (Å²) in [5, 5.41) is 21.9. The largest absolute Gasteiger partial charge is 0.463 e. The van der Waals surface area contributed by atoms with Gasteiger partial charge in [-0.2, -0.15) is 0 Å². The number of ether oxygens (including phenoxy) is 2. The molecule has 0 amide bonds. The monoisotopic (exact) mass is 329 g/mol. The Bertz CT molecular complexity index is 462. The molecule has 0 saturated heterocycles. The standard InChI is InChI=1S/C15H23NO7/c1-3-22-13(17)15(19,14(18)23-4-2)12(16(20)21)10-11-8-6-5-7-9-11/h10-11,19H,3-9H2,1-2H3/b12-10-. The van der Waals surface area contributed by atoms with Crippen LogP contribution in [-0.2, 0) is 19.1 Å². The Morgan fingerprint density at radius 3 is 2.04 bits per heavy atom. The highest BCUT2D eigenvalue weighted by Crippen LogP contribution is 2.30. The molecular formula is C15H23NO7. The first kappa shape index (κ1) is 19.1. The third-order valence-corrected chi connectivity index (χ3v) is 3.75. The van der Waals surface area contributed by atoms with E-state index in [4.69, 9.17) is 0 Å². The molecule has 8 heteroatoms. The lowest BCUT2D eigenvalue weighted by molar-refractivity contribution is -0.440. The molecule has 0 aliphatic heterocycles. The van der Waals surface area contributed by atoms with Crippen molar-refractivity contribution in [1.82, 2.24) is 0 Å². The number of rotatable bonds is 7. The van der Waals surface area contributed by atoms with Gasteiger partial charge in [-0.05, 0) is 38.7 Å². The van der Waals surface area contributed by atoms with Gasteiger partial charge in [0.1, 0.15) is 0 Å². The molecule has 0 atom stereocenters. The molecule has 1 saturated carbocycles. The summed E-state index contributed by atoms with van der Waals surface area (Å²) in [5.41, 5.74) is -3.94. The minimum absolute atomic E-state index is 0.130. The average molecular weight is 329 g/mol. The molecule has 0 aromatic carbocycles. The molecule has 1 N–H and O–H groups in total. The zero-order chi connectivity index (χ0) is 17.5. The third kappa shape index (κ3) is 4.51. The fraction of sp³-hybridized carbons (Fsp3) is 0.733. The predicted molar refractivity (Wildman–Crippen MR) is 79.9 cm³/mol. The van der Waals surface area contributed by atoms with Gasteiger partial charge in [-0.25, -0.2) is 9.59 Å². The molecule has 1 fully saturated rings. The Morgan fingerprint density at radius 2 is 1.65 bits per heavy atom. The van der Waals surface area contributed by atoms with Gasteiger partial charge in [0, 0.05) is 0 Å². The Labute approximate surface area is 134 Å². The summed E-state index contributed by atoms with van der Waals surface area (Å²) in [4.78, 5) is 34.6. The Morgan fingerprint density at radius 1 is 1.17 bits per heavy atom. The quantitative estimate of drug-likeness (QED) is 0.326. The van der Waals surface area contributed by atoms with Crippen molar-refractivity contribution in [2.45, 2.75) is 51.6 Å². The van der Waals surface area contributed by atoms with Gasteiger partial charge in [0.25, 0.3) is 5.70 Å². The van der Waals surface area contributed by atoms with Crippen LogP contribution in [0.15, 0.2) is 11.8 Å². The molecule has 1 aliphatic carbocycles. The van der Waals surface area contributed by atoms with Crippen molar-refractivity contribution in [3.05, 3.63) is 21.9 Å². The Hall–Kier alpha value is -1.96. The van der Waals surface area contributed by atoms with Crippen LogP contribution in [0, 0.1) is 16.0 Å². The van der Waals surface area contributed by atoms with Crippen molar-refractivity contribution in [2.24, 2.45) is 5.92 Å². The summed E-state index contributed by atoms with van der Waals surface area (Å²) < 4.78 is 9.32. The normalized spacial score (nSPS) is 16.7. The number of allylic oxidation sites excluding steroid dienone is 1. The molecule has 0 aromatic rings. The van der Waals surface area contributed by atoms with E-state index in [9.17, 15) is 24.8 Å². The van der Waals surface area contributed by atoms with Crippen LogP contribution in [0.5, 0.6) is 0 Å². The van der Waals surface area contributed by atoms with Crippen molar-refractivity contribution in [2.75, 3.05) is 13.2 Å². The van der Waals surface area contributed by atoms with E-state index in [1.165, 1.54) is 19.9 Å². The van der Waals surface area contributed by atoms with Crippen molar-refractivity contribution in [1.29, 1.82) is 0 Å². The molecule has 8 nitrogen and oxygen atoms in total. The van der Waals surface area contributed by atoms with E-state index in [0.29, 0.717) is 12.8 Å². The van der Waals surface area contributed by atoms with Crippen molar-refractivity contribution in [3.63, 3.8) is 0 Å². The maximum absolute atomic E-state index is 12.1. The molecule has 0 radical (unpaired) electrons. The lowest BCUT2D eigenvalue weighted by atomic mass is 9.86. The number of carbonyl (C=O) groups is 2. The predicted octanol–water partition coefficient (Wildman–Crippen LogP) is 1.58. The fourth-order valence-electron chi connectivity index (χ4n) is 2.60. The summed E-state index contributed by atoms with van der Waals surface area (Å²) in [6.45, 7) is 2.68. The minimum Gasteiger partial charge on any atom is -0.463 e. The Kier molecular flexibility index (Phi) is 7.15. The van der Waals surface area contributed by atoms with Crippen LogP contribution >= 0.6 is 0 Å². The molecule has 1 aliphatic rings. The number of esters is 2. The van der Waals surface area contributed by atoms with Crippen LogP contribution in [-0.4, -0.2) is 40.8 Å². The molecule has 130 valence electrons. The smallest absolute Gasteiger partial charge is 0.361 e. The average Bonchev–Trinajstić information content (AvgIpc) is 2.53. The van der Waals surface area contributed by atoms with Gasteiger partial charge >= 0.3 is 17.5 Å². The van der Waals surface area contributed by atoms with Crippen molar-refractivity contribution >= 4 is 11.9 Å². The van der Waals surface area contributed by atoms with Gasteiger partial charge in [0.2, 0.25) is 0 Å². The van der Waals surface area contributed by atoms with E-state index in [0.717, 1.165) is 19.3 Å². The number of hydrogen-bond donors (Lipinski definition) is 1. The van der Waals surface area contributed by atoms with Gasteiger partial charge in [-0.3, -0.25) is 10.1 Å². The molecule has 23 heavy (non-hydrogen) atoms. The van der Waals surface area contributed by atoms with E-state index >= 15 is 0 Å². The van der Waals surface area contributed by atoms with Crippen LogP contribution in [0.1, 0.15) is 46.0 Å². The maximum atomic E-state index is 12.1. The van der Waals surface area contributed by atoms with Gasteiger partial charge in [-0.15, -0.1) is 0 Å². The fourth-order valence-corrected chi connectivity index (χ4v) is 2.60. The lowest BCUT2D eigenvalue weighted by Gasteiger charge is -2.23. The molecule has 0 unspecified atom stereocenters. The molecule has 0 heterocycles. The molecule has 0 aromatic heterocycles. The van der Waals surface area contributed by atoms with Crippen molar-refractivity contribution < 1.29 is 29.1 Å². The van der Waals surface area contributed by atoms with Crippen LogP contribution in [0.4, 0.5) is 0 Å². The number of nitrogens with zero attached hydrogens (tertiary/aromatic N) is 1. The van der Waals surface area contributed by atoms with Crippen molar-refractivity contribution in [3.8, 4) is 0 Å². The van der Waals surface area contributed by atoms with Gasteiger partial charge in [-0.1, -0.05) is 19.3 Å². The summed E-state index contributed by atoms with van der Waals surface area (Å²) in [5.74, 6) is -2.95. The van der Waals surface area contributed by atoms with Crippen LogP contribution in [0.25, 0.3) is 0 Å². The second-order valence-electron chi connectivity index (χ2n) is 5.36. The zero-order valence-electron chi connectivity index (χ0n) is 13.4. The lowest BCUT2D eigenvalue weighted by Crippen LogP contribution is -2.52. The topological polar surface area (TPSA) is 116 Å². The number of nitro groups is 1. The first-order chi connectivity index (χ1) is 10.9. The number of carbonyl (C=O) groups excluding carboxylic acids is 2. The molecule has 0 spiro atoms. The molecular weight excluding hydrogens is 306 g/mol. The summed E-state index contributed by atoms with van der Waals surface area (Å²) in [6.07, 6.45) is 5.47. The first-order valence-corrected chi connectivity index (χ1v) is 7.81. The summed E-state index contributed by atoms with van der Waals surface area (Å²) in [6, 6.07) is 0. The highest BCUT2D eigenvalue weighted by atomic mass is 16.6. The van der Waals surface area contributed by atoms with E-state index in [1.807, 2.05) is 0 Å². The number of hydrogen-bond acceptors (Lipinski definition) is 7. The first-order valence-electron chi connectivity index (χ1n) is 7.81. The van der Waals surface area contributed by atoms with Gasteiger partial charge < -0.3 is 14.6 Å². The zero-order valence-corrected chi connectivity index (χ0v) is 13.4. The summed E-state index contributed by atoms with van der Waals surface area (Å²) in [7, 11) is 0. The van der Waals surface area contributed by atoms with Gasteiger partial charge in [0.15, 0.2) is 0 Å². The SMILES string of the molecule is CCOC(=O)C(O)(C(=O)OCC)/C(=C/C1CCCCC1)[N+](=O)[O-]. The van der Waals surface area contributed by atoms with E-state index < -0.39 is 28.2 Å². The van der Waals surface area contributed by atoms with Crippen LogP contribution in [0.3, 0.4) is 0 Å². The third-order valence-electron chi connectivity index (χ3n) is 3.75. The summed E-state index contributed by atoms with van der Waals surface area (Å²) >= 11 is 0. The highest BCUT2D eigenvalue weighted by Gasteiger charge is 2.58. The molecule has 1 rings (SSSR count). The van der Waals surface area contributed by atoms with Gasteiger partial charge in [0.05, 0.1) is 18.1 Å². The molecule has 0 bridgehead atoms. The maximum Gasteiger partial charge on any atom is 0.361 e. The minimum atomic E-state index is -3.05. The van der Waals surface area contributed by atoms with E-state index in [2.05, 4.69) is 9.47 Å². The Balaban J connectivity index is 3.26. The van der Waals surface area contributed by atoms with Crippen LogP contribution in [0.2, 0.25) is 0 Å².